The number of rotatable bonds is 7. The SMILES string of the molecule is COc1ccc(-c2nnc(SC[C@@H]3CN(Cc4ccccc4)CCO3)o2)cc1. The molecule has 1 atom stereocenters. The maximum absolute atomic E-state index is 5.92. The molecule has 4 rings (SSSR count). The van der Waals surface area contributed by atoms with E-state index in [2.05, 4.69) is 39.4 Å². The van der Waals surface area contributed by atoms with Gasteiger partial charge in [0.15, 0.2) is 0 Å². The van der Waals surface area contributed by atoms with Crippen molar-refractivity contribution in [1.29, 1.82) is 0 Å². The number of nitrogens with zero attached hydrogens (tertiary/aromatic N) is 3. The van der Waals surface area contributed by atoms with E-state index in [-0.39, 0.29) is 6.10 Å². The monoisotopic (exact) mass is 397 g/mol. The van der Waals surface area contributed by atoms with Crippen LogP contribution in [0.5, 0.6) is 5.75 Å². The van der Waals surface area contributed by atoms with Gasteiger partial charge in [-0.3, -0.25) is 4.90 Å². The normalized spacial score (nSPS) is 17.5. The van der Waals surface area contributed by atoms with Gasteiger partial charge in [-0.25, -0.2) is 0 Å². The summed E-state index contributed by atoms with van der Waals surface area (Å²) in [5.41, 5.74) is 2.21. The highest BCUT2D eigenvalue weighted by Crippen LogP contribution is 2.26. The molecule has 0 bridgehead atoms. The predicted octanol–water partition coefficient (Wildman–Crippen LogP) is 3.74. The second kappa shape index (κ2) is 9.23. The summed E-state index contributed by atoms with van der Waals surface area (Å²) in [4.78, 5) is 2.43. The summed E-state index contributed by atoms with van der Waals surface area (Å²) < 4.78 is 16.9. The molecule has 3 aromatic rings. The molecular weight excluding hydrogens is 374 g/mol. The highest BCUT2D eigenvalue weighted by Gasteiger charge is 2.22. The zero-order valence-corrected chi connectivity index (χ0v) is 16.6. The first kappa shape index (κ1) is 19.0. The van der Waals surface area contributed by atoms with Crippen LogP contribution in [0.3, 0.4) is 0 Å². The van der Waals surface area contributed by atoms with Crippen LogP contribution < -0.4 is 4.74 Å². The average Bonchev–Trinajstić information content (AvgIpc) is 3.22. The summed E-state index contributed by atoms with van der Waals surface area (Å²) in [6, 6.07) is 18.1. The van der Waals surface area contributed by atoms with E-state index in [4.69, 9.17) is 13.9 Å². The molecule has 0 aliphatic carbocycles. The van der Waals surface area contributed by atoms with Gasteiger partial charge in [-0.2, -0.15) is 0 Å². The van der Waals surface area contributed by atoms with E-state index in [1.54, 1.807) is 18.9 Å². The summed E-state index contributed by atoms with van der Waals surface area (Å²) in [7, 11) is 1.64. The molecule has 1 aliphatic rings. The van der Waals surface area contributed by atoms with Crippen molar-refractivity contribution < 1.29 is 13.9 Å². The van der Waals surface area contributed by atoms with E-state index in [1.165, 1.54) is 5.56 Å². The van der Waals surface area contributed by atoms with Crippen molar-refractivity contribution in [1.82, 2.24) is 15.1 Å². The molecule has 6 nitrogen and oxygen atoms in total. The number of thioether (sulfide) groups is 1. The van der Waals surface area contributed by atoms with E-state index >= 15 is 0 Å². The topological polar surface area (TPSA) is 60.6 Å². The second-order valence-corrected chi connectivity index (χ2v) is 7.60. The highest BCUT2D eigenvalue weighted by atomic mass is 32.2. The van der Waals surface area contributed by atoms with Gasteiger partial charge in [-0.1, -0.05) is 42.1 Å². The number of ether oxygens (including phenoxy) is 2. The molecule has 0 spiro atoms. The molecule has 28 heavy (non-hydrogen) atoms. The second-order valence-electron chi connectivity index (χ2n) is 6.63. The van der Waals surface area contributed by atoms with Gasteiger partial charge in [0.2, 0.25) is 5.89 Å². The molecule has 0 radical (unpaired) electrons. The van der Waals surface area contributed by atoms with Crippen LogP contribution in [0.25, 0.3) is 11.5 Å². The average molecular weight is 398 g/mol. The molecule has 1 fully saturated rings. The minimum Gasteiger partial charge on any atom is -0.497 e. The fourth-order valence-electron chi connectivity index (χ4n) is 3.15. The molecule has 146 valence electrons. The maximum atomic E-state index is 5.92. The molecule has 1 aliphatic heterocycles. The number of aromatic nitrogens is 2. The molecule has 1 saturated heterocycles. The highest BCUT2D eigenvalue weighted by molar-refractivity contribution is 7.99. The van der Waals surface area contributed by atoms with Crippen molar-refractivity contribution >= 4 is 11.8 Å². The Hall–Kier alpha value is -2.35. The van der Waals surface area contributed by atoms with Crippen LogP contribution in [-0.2, 0) is 11.3 Å². The lowest BCUT2D eigenvalue weighted by Crippen LogP contribution is -2.43. The van der Waals surface area contributed by atoms with Crippen molar-refractivity contribution in [2.24, 2.45) is 0 Å². The molecule has 0 unspecified atom stereocenters. The van der Waals surface area contributed by atoms with Crippen LogP contribution in [0, 0.1) is 0 Å². The Kier molecular flexibility index (Phi) is 6.26. The summed E-state index contributed by atoms with van der Waals surface area (Å²) in [6.45, 7) is 3.56. The van der Waals surface area contributed by atoms with E-state index in [0.717, 1.165) is 43.3 Å². The largest absolute Gasteiger partial charge is 0.497 e. The summed E-state index contributed by atoms with van der Waals surface area (Å²) in [5, 5.41) is 8.86. The molecular formula is C21H23N3O3S. The molecule has 0 saturated carbocycles. The standard InChI is InChI=1S/C21H23N3O3S/c1-25-18-9-7-17(8-10-18)20-22-23-21(27-20)28-15-19-14-24(11-12-26-19)13-16-5-3-2-4-6-16/h2-10,19H,11-15H2,1H3/t19-/m0/s1. The van der Waals surface area contributed by atoms with Crippen molar-refractivity contribution in [2.45, 2.75) is 17.9 Å². The molecule has 7 heteroatoms. The Morgan fingerprint density at radius 3 is 2.71 bits per heavy atom. The Labute approximate surface area is 168 Å². The van der Waals surface area contributed by atoms with Crippen molar-refractivity contribution in [3.05, 3.63) is 60.2 Å². The number of benzene rings is 2. The Balaban J connectivity index is 1.30. The molecule has 0 amide bonds. The quantitative estimate of drug-likeness (QED) is 0.563. The first-order chi connectivity index (χ1) is 13.8. The Morgan fingerprint density at radius 2 is 1.93 bits per heavy atom. The van der Waals surface area contributed by atoms with Gasteiger partial charge in [-0.15, -0.1) is 10.2 Å². The fourth-order valence-corrected chi connectivity index (χ4v) is 3.92. The van der Waals surface area contributed by atoms with E-state index < -0.39 is 0 Å². The first-order valence-corrected chi connectivity index (χ1v) is 10.3. The van der Waals surface area contributed by atoms with Crippen molar-refractivity contribution in [3.63, 3.8) is 0 Å². The minimum absolute atomic E-state index is 0.152. The summed E-state index contributed by atoms with van der Waals surface area (Å²) in [5.74, 6) is 2.10. The van der Waals surface area contributed by atoms with Gasteiger partial charge in [0.1, 0.15) is 5.75 Å². The third kappa shape index (κ3) is 4.92. The Morgan fingerprint density at radius 1 is 1.11 bits per heavy atom. The zero-order chi connectivity index (χ0) is 19.2. The summed E-state index contributed by atoms with van der Waals surface area (Å²) >= 11 is 1.54. The van der Waals surface area contributed by atoms with E-state index in [1.807, 2.05) is 30.3 Å². The van der Waals surface area contributed by atoms with Crippen molar-refractivity contribution in [3.8, 4) is 17.2 Å². The first-order valence-electron chi connectivity index (χ1n) is 9.29. The van der Waals surface area contributed by atoms with Gasteiger partial charge < -0.3 is 13.9 Å². The van der Waals surface area contributed by atoms with E-state index in [0.29, 0.717) is 11.1 Å². The number of morpholine rings is 1. The number of hydrogen-bond acceptors (Lipinski definition) is 7. The molecule has 2 aromatic carbocycles. The predicted molar refractivity (Wildman–Crippen MR) is 108 cm³/mol. The summed E-state index contributed by atoms with van der Waals surface area (Å²) in [6.07, 6.45) is 0.152. The third-order valence-corrected chi connectivity index (χ3v) is 5.56. The lowest BCUT2D eigenvalue weighted by Gasteiger charge is -2.32. The van der Waals surface area contributed by atoms with Crippen LogP contribution in [-0.4, -0.2) is 53.8 Å². The third-order valence-electron chi connectivity index (χ3n) is 4.61. The van der Waals surface area contributed by atoms with E-state index in [9.17, 15) is 0 Å². The van der Waals surface area contributed by atoms with Gasteiger partial charge >= 0.3 is 0 Å². The zero-order valence-electron chi connectivity index (χ0n) is 15.8. The fraction of sp³-hybridized carbons (Fsp3) is 0.333. The molecule has 0 N–H and O–H groups in total. The van der Waals surface area contributed by atoms with Crippen molar-refractivity contribution in [2.75, 3.05) is 32.6 Å². The van der Waals surface area contributed by atoms with Gasteiger partial charge in [0.25, 0.3) is 5.22 Å². The van der Waals surface area contributed by atoms with Gasteiger partial charge in [-0.05, 0) is 29.8 Å². The minimum atomic E-state index is 0.152. The van der Waals surface area contributed by atoms with Gasteiger partial charge in [0.05, 0.1) is 19.8 Å². The number of hydrogen-bond donors (Lipinski definition) is 0. The van der Waals surface area contributed by atoms with Crippen LogP contribution >= 0.6 is 11.8 Å². The van der Waals surface area contributed by atoms with Crippen LogP contribution in [0.4, 0.5) is 0 Å². The Bertz CT molecular complexity index is 870. The smallest absolute Gasteiger partial charge is 0.276 e. The lowest BCUT2D eigenvalue weighted by molar-refractivity contribution is -0.0187. The van der Waals surface area contributed by atoms with Crippen LogP contribution in [0.1, 0.15) is 5.56 Å². The lowest BCUT2D eigenvalue weighted by atomic mass is 10.2. The van der Waals surface area contributed by atoms with Gasteiger partial charge in [0, 0.05) is 31.0 Å². The maximum Gasteiger partial charge on any atom is 0.276 e. The molecule has 2 heterocycles. The number of methoxy groups -OCH3 is 1. The molecule has 1 aromatic heterocycles. The van der Waals surface area contributed by atoms with Crippen LogP contribution in [0.2, 0.25) is 0 Å². The van der Waals surface area contributed by atoms with Crippen LogP contribution in [0.15, 0.2) is 64.2 Å².